The van der Waals surface area contributed by atoms with Gasteiger partial charge < -0.3 is 11.1 Å². The van der Waals surface area contributed by atoms with Crippen molar-refractivity contribution in [3.63, 3.8) is 0 Å². The van der Waals surface area contributed by atoms with E-state index in [4.69, 9.17) is 5.73 Å². The van der Waals surface area contributed by atoms with Gasteiger partial charge in [-0.1, -0.05) is 6.07 Å². The molecule has 4 nitrogen and oxygen atoms in total. The highest BCUT2D eigenvalue weighted by Gasteiger charge is 2.17. The van der Waals surface area contributed by atoms with Crippen LogP contribution in [0.5, 0.6) is 0 Å². The van der Waals surface area contributed by atoms with Crippen molar-refractivity contribution in [2.24, 2.45) is 5.73 Å². The molecule has 0 atom stereocenters. The molecule has 0 spiro atoms. The van der Waals surface area contributed by atoms with Gasteiger partial charge >= 0.3 is 0 Å². The van der Waals surface area contributed by atoms with Crippen LogP contribution in [0, 0.1) is 0 Å². The molecule has 1 aliphatic rings. The van der Waals surface area contributed by atoms with E-state index in [0.717, 1.165) is 38.9 Å². The molecule has 0 radical (unpaired) electrons. The topological polar surface area (TPSA) is 58.4 Å². The second-order valence-corrected chi connectivity index (χ2v) is 5.83. The van der Waals surface area contributed by atoms with Crippen LogP contribution in [0.1, 0.15) is 17.7 Å². The van der Waals surface area contributed by atoms with E-state index >= 15 is 0 Å². The van der Waals surface area contributed by atoms with Gasteiger partial charge in [0.1, 0.15) is 0 Å². The molecule has 2 rings (SSSR count). The second-order valence-electron chi connectivity index (χ2n) is 4.79. The first-order valence-corrected chi connectivity index (χ1v) is 7.39. The minimum Gasteiger partial charge on any atom is -0.355 e. The molecule has 0 aromatic carbocycles. The molecule has 18 heavy (non-hydrogen) atoms. The summed E-state index contributed by atoms with van der Waals surface area (Å²) in [6.45, 7) is 3.13. The summed E-state index contributed by atoms with van der Waals surface area (Å²) in [4.78, 5) is 15.2. The monoisotopic (exact) mass is 267 g/mol. The van der Waals surface area contributed by atoms with E-state index in [2.05, 4.69) is 21.7 Å². The van der Waals surface area contributed by atoms with Crippen LogP contribution in [0.4, 0.5) is 0 Å². The molecule has 0 bridgehead atoms. The summed E-state index contributed by atoms with van der Waals surface area (Å²) in [5.74, 6) is 0.127. The van der Waals surface area contributed by atoms with E-state index in [1.807, 2.05) is 6.07 Å². The Hall–Kier alpha value is -0.910. The Morgan fingerprint density at radius 2 is 2.28 bits per heavy atom. The number of piperidine rings is 1. The van der Waals surface area contributed by atoms with Crippen molar-refractivity contribution >= 4 is 17.2 Å². The lowest BCUT2D eigenvalue weighted by molar-refractivity contribution is -0.122. The SMILES string of the molecule is NC1CCN(CC(=O)NCCc2cccs2)CC1. The van der Waals surface area contributed by atoms with E-state index in [0.29, 0.717) is 12.6 Å². The fourth-order valence-corrected chi connectivity index (χ4v) is 2.86. The zero-order valence-corrected chi connectivity index (χ0v) is 11.4. The number of amides is 1. The van der Waals surface area contributed by atoms with Gasteiger partial charge in [0.25, 0.3) is 0 Å². The first kappa shape index (κ1) is 13.5. The van der Waals surface area contributed by atoms with Gasteiger partial charge in [-0.15, -0.1) is 11.3 Å². The predicted molar refractivity (Wildman–Crippen MR) is 74.7 cm³/mol. The van der Waals surface area contributed by atoms with Gasteiger partial charge in [0.05, 0.1) is 6.54 Å². The Kier molecular flexibility index (Phi) is 5.16. The van der Waals surface area contributed by atoms with E-state index in [-0.39, 0.29) is 5.91 Å². The summed E-state index contributed by atoms with van der Waals surface area (Å²) in [6.07, 6.45) is 2.93. The maximum atomic E-state index is 11.7. The summed E-state index contributed by atoms with van der Waals surface area (Å²) >= 11 is 1.73. The second kappa shape index (κ2) is 6.87. The van der Waals surface area contributed by atoms with Gasteiger partial charge in [-0.3, -0.25) is 9.69 Å². The third-order valence-corrected chi connectivity index (χ3v) is 4.21. The highest BCUT2D eigenvalue weighted by molar-refractivity contribution is 7.09. The van der Waals surface area contributed by atoms with Gasteiger partial charge in [-0.25, -0.2) is 0 Å². The molecular formula is C13H21N3OS. The Morgan fingerprint density at radius 1 is 1.50 bits per heavy atom. The number of carbonyl (C=O) groups excluding carboxylic acids is 1. The van der Waals surface area contributed by atoms with Gasteiger partial charge in [0.2, 0.25) is 5.91 Å². The minimum absolute atomic E-state index is 0.127. The van der Waals surface area contributed by atoms with Crippen molar-refractivity contribution in [1.82, 2.24) is 10.2 Å². The first-order valence-electron chi connectivity index (χ1n) is 6.51. The van der Waals surface area contributed by atoms with Crippen LogP contribution in [0.3, 0.4) is 0 Å². The largest absolute Gasteiger partial charge is 0.355 e. The third kappa shape index (κ3) is 4.40. The molecule has 1 saturated heterocycles. The summed E-state index contributed by atoms with van der Waals surface area (Å²) < 4.78 is 0. The normalized spacial score (nSPS) is 17.8. The standard InChI is InChI=1S/C13H21N3OS/c14-11-4-7-16(8-5-11)10-13(17)15-6-3-12-2-1-9-18-12/h1-2,9,11H,3-8,10,14H2,(H,15,17). The molecule has 1 amide bonds. The quantitative estimate of drug-likeness (QED) is 0.831. The smallest absolute Gasteiger partial charge is 0.234 e. The lowest BCUT2D eigenvalue weighted by Gasteiger charge is -2.29. The maximum Gasteiger partial charge on any atom is 0.234 e. The number of nitrogens with one attached hydrogen (secondary N) is 1. The Balaban J connectivity index is 1.60. The number of hydrogen-bond acceptors (Lipinski definition) is 4. The number of rotatable bonds is 5. The number of thiophene rings is 1. The average Bonchev–Trinajstić information content (AvgIpc) is 2.85. The number of hydrogen-bond donors (Lipinski definition) is 2. The fourth-order valence-electron chi connectivity index (χ4n) is 2.15. The Morgan fingerprint density at radius 3 is 2.94 bits per heavy atom. The lowest BCUT2D eigenvalue weighted by Crippen LogP contribution is -2.44. The summed E-state index contributed by atoms with van der Waals surface area (Å²) in [5.41, 5.74) is 5.84. The summed E-state index contributed by atoms with van der Waals surface area (Å²) in [5, 5.41) is 5.04. The molecule has 2 heterocycles. The zero-order valence-electron chi connectivity index (χ0n) is 10.6. The summed E-state index contributed by atoms with van der Waals surface area (Å²) in [6, 6.07) is 4.46. The van der Waals surface area contributed by atoms with Gasteiger partial charge in [-0.05, 0) is 30.7 Å². The number of carbonyl (C=O) groups is 1. The fraction of sp³-hybridized carbons (Fsp3) is 0.615. The first-order chi connectivity index (χ1) is 8.74. The van der Waals surface area contributed by atoms with E-state index in [1.54, 1.807) is 11.3 Å². The highest BCUT2D eigenvalue weighted by Crippen LogP contribution is 2.09. The van der Waals surface area contributed by atoms with Crippen LogP contribution in [-0.2, 0) is 11.2 Å². The molecule has 1 aromatic rings. The molecular weight excluding hydrogens is 246 g/mol. The number of nitrogens with two attached hydrogens (primary N) is 1. The van der Waals surface area contributed by atoms with Crippen molar-refractivity contribution < 1.29 is 4.79 Å². The molecule has 0 saturated carbocycles. The van der Waals surface area contributed by atoms with Gasteiger partial charge in [0.15, 0.2) is 0 Å². The van der Waals surface area contributed by atoms with Crippen LogP contribution < -0.4 is 11.1 Å². The van der Waals surface area contributed by atoms with Gasteiger partial charge in [0, 0.05) is 30.6 Å². The van der Waals surface area contributed by atoms with E-state index in [9.17, 15) is 4.79 Å². The molecule has 100 valence electrons. The zero-order chi connectivity index (χ0) is 12.8. The van der Waals surface area contributed by atoms with Crippen molar-refractivity contribution in [3.05, 3.63) is 22.4 Å². The van der Waals surface area contributed by atoms with Crippen LogP contribution in [0.2, 0.25) is 0 Å². The summed E-state index contributed by atoms with van der Waals surface area (Å²) in [7, 11) is 0. The number of nitrogens with zero attached hydrogens (tertiary/aromatic N) is 1. The van der Waals surface area contributed by atoms with Crippen LogP contribution in [-0.4, -0.2) is 43.0 Å². The molecule has 5 heteroatoms. The van der Waals surface area contributed by atoms with Crippen LogP contribution in [0.25, 0.3) is 0 Å². The van der Waals surface area contributed by atoms with E-state index in [1.165, 1.54) is 4.88 Å². The van der Waals surface area contributed by atoms with Crippen molar-refractivity contribution in [1.29, 1.82) is 0 Å². The number of likely N-dealkylation sites (tertiary alicyclic amines) is 1. The highest BCUT2D eigenvalue weighted by atomic mass is 32.1. The molecule has 3 N–H and O–H groups in total. The van der Waals surface area contributed by atoms with Crippen molar-refractivity contribution in [2.75, 3.05) is 26.2 Å². The third-order valence-electron chi connectivity index (χ3n) is 3.27. The maximum absolute atomic E-state index is 11.7. The molecule has 1 fully saturated rings. The van der Waals surface area contributed by atoms with Crippen molar-refractivity contribution in [3.8, 4) is 0 Å². The Bertz CT molecular complexity index is 358. The van der Waals surface area contributed by atoms with E-state index < -0.39 is 0 Å². The molecule has 0 aliphatic carbocycles. The average molecular weight is 267 g/mol. The van der Waals surface area contributed by atoms with Crippen molar-refractivity contribution in [2.45, 2.75) is 25.3 Å². The predicted octanol–water partition coefficient (Wildman–Crippen LogP) is 0.830. The van der Waals surface area contributed by atoms with Crippen LogP contribution in [0.15, 0.2) is 17.5 Å². The molecule has 0 unspecified atom stereocenters. The minimum atomic E-state index is 0.127. The molecule has 1 aromatic heterocycles. The van der Waals surface area contributed by atoms with Crippen LogP contribution >= 0.6 is 11.3 Å². The molecule has 1 aliphatic heterocycles. The lowest BCUT2D eigenvalue weighted by atomic mass is 10.1. The van der Waals surface area contributed by atoms with Gasteiger partial charge in [-0.2, -0.15) is 0 Å². The Labute approximate surface area is 112 Å².